The molecule has 0 fully saturated rings. The summed E-state index contributed by atoms with van der Waals surface area (Å²) in [5.74, 6) is 0.877. The summed E-state index contributed by atoms with van der Waals surface area (Å²) in [6.45, 7) is 2.09. The fourth-order valence-corrected chi connectivity index (χ4v) is 2.49. The SMILES string of the molecule is CNC(c1cccc(Cl)c1)c1ccc(OC)cc1C. The van der Waals surface area contributed by atoms with Gasteiger partial charge in [-0.1, -0.05) is 29.8 Å². The molecule has 100 valence electrons. The first kappa shape index (κ1) is 13.9. The first-order chi connectivity index (χ1) is 9.15. The van der Waals surface area contributed by atoms with E-state index in [2.05, 4.69) is 24.4 Å². The van der Waals surface area contributed by atoms with E-state index in [4.69, 9.17) is 16.3 Å². The lowest BCUT2D eigenvalue weighted by atomic mass is 9.95. The van der Waals surface area contributed by atoms with Crippen LogP contribution < -0.4 is 10.1 Å². The van der Waals surface area contributed by atoms with Crippen LogP contribution in [-0.2, 0) is 0 Å². The Hall–Kier alpha value is -1.51. The highest BCUT2D eigenvalue weighted by Crippen LogP contribution is 2.28. The molecule has 0 aromatic heterocycles. The number of ether oxygens (including phenoxy) is 1. The Morgan fingerprint density at radius 1 is 1.16 bits per heavy atom. The zero-order chi connectivity index (χ0) is 13.8. The van der Waals surface area contributed by atoms with Gasteiger partial charge in [0.05, 0.1) is 13.2 Å². The molecule has 2 nitrogen and oxygen atoms in total. The maximum absolute atomic E-state index is 6.07. The second-order valence-corrected chi connectivity index (χ2v) is 4.94. The summed E-state index contributed by atoms with van der Waals surface area (Å²) in [6, 6.07) is 14.2. The molecule has 0 radical (unpaired) electrons. The third-order valence-electron chi connectivity index (χ3n) is 3.26. The Morgan fingerprint density at radius 2 is 1.95 bits per heavy atom. The lowest BCUT2D eigenvalue weighted by Crippen LogP contribution is -2.18. The molecule has 2 aromatic carbocycles. The van der Waals surface area contributed by atoms with E-state index < -0.39 is 0 Å². The molecular weight excluding hydrogens is 258 g/mol. The average molecular weight is 276 g/mol. The van der Waals surface area contributed by atoms with Crippen molar-refractivity contribution in [2.75, 3.05) is 14.2 Å². The van der Waals surface area contributed by atoms with Crippen molar-refractivity contribution in [2.24, 2.45) is 0 Å². The standard InChI is InChI=1S/C16H18ClNO/c1-11-9-14(19-3)7-8-15(11)16(18-2)12-5-4-6-13(17)10-12/h4-10,16,18H,1-3H3. The van der Waals surface area contributed by atoms with Crippen molar-refractivity contribution in [3.63, 3.8) is 0 Å². The van der Waals surface area contributed by atoms with Crippen LogP contribution in [0.2, 0.25) is 5.02 Å². The lowest BCUT2D eigenvalue weighted by molar-refractivity contribution is 0.414. The molecule has 2 rings (SSSR count). The minimum absolute atomic E-state index is 0.129. The molecule has 0 bridgehead atoms. The minimum Gasteiger partial charge on any atom is -0.497 e. The van der Waals surface area contributed by atoms with Gasteiger partial charge >= 0.3 is 0 Å². The highest BCUT2D eigenvalue weighted by Gasteiger charge is 2.14. The minimum atomic E-state index is 0.129. The van der Waals surface area contributed by atoms with Gasteiger partial charge < -0.3 is 10.1 Å². The summed E-state index contributed by atoms with van der Waals surface area (Å²) in [4.78, 5) is 0. The molecule has 1 unspecified atom stereocenters. The van der Waals surface area contributed by atoms with Gasteiger partial charge in [0.2, 0.25) is 0 Å². The van der Waals surface area contributed by atoms with Crippen molar-refractivity contribution >= 4 is 11.6 Å². The van der Waals surface area contributed by atoms with Crippen LogP contribution in [0, 0.1) is 6.92 Å². The quantitative estimate of drug-likeness (QED) is 0.912. The van der Waals surface area contributed by atoms with E-state index in [0.29, 0.717) is 0 Å². The Kier molecular flexibility index (Phi) is 4.46. The van der Waals surface area contributed by atoms with Crippen molar-refractivity contribution in [3.8, 4) is 5.75 Å². The fourth-order valence-electron chi connectivity index (χ4n) is 2.29. The first-order valence-electron chi connectivity index (χ1n) is 6.23. The molecule has 0 aliphatic carbocycles. The number of methoxy groups -OCH3 is 1. The molecule has 0 saturated carbocycles. The predicted molar refractivity (Wildman–Crippen MR) is 80.1 cm³/mol. The number of hydrogen-bond donors (Lipinski definition) is 1. The van der Waals surface area contributed by atoms with Gasteiger partial charge in [-0.15, -0.1) is 0 Å². The molecule has 3 heteroatoms. The smallest absolute Gasteiger partial charge is 0.119 e. The summed E-state index contributed by atoms with van der Waals surface area (Å²) in [6.07, 6.45) is 0. The first-order valence-corrected chi connectivity index (χ1v) is 6.60. The summed E-state index contributed by atoms with van der Waals surface area (Å²) < 4.78 is 5.25. The van der Waals surface area contributed by atoms with Crippen LogP contribution in [0.25, 0.3) is 0 Å². The molecule has 0 spiro atoms. The molecular formula is C16H18ClNO. The van der Waals surface area contributed by atoms with Crippen molar-refractivity contribution in [3.05, 3.63) is 64.2 Å². The Balaban J connectivity index is 2.42. The van der Waals surface area contributed by atoms with Crippen molar-refractivity contribution in [2.45, 2.75) is 13.0 Å². The summed E-state index contributed by atoms with van der Waals surface area (Å²) in [7, 11) is 3.64. The monoisotopic (exact) mass is 275 g/mol. The Morgan fingerprint density at radius 3 is 2.53 bits per heavy atom. The Bertz CT molecular complexity index is 568. The summed E-state index contributed by atoms with van der Waals surface area (Å²) in [5, 5.41) is 4.09. The molecule has 0 amide bonds. The summed E-state index contributed by atoms with van der Waals surface area (Å²) >= 11 is 6.07. The number of aryl methyl sites for hydroxylation is 1. The molecule has 2 aromatic rings. The van der Waals surface area contributed by atoms with Crippen LogP contribution in [-0.4, -0.2) is 14.2 Å². The van der Waals surface area contributed by atoms with E-state index >= 15 is 0 Å². The molecule has 0 aliphatic heterocycles. The van der Waals surface area contributed by atoms with Gasteiger partial charge in [0.1, 0.15) is 5.75 Å². The predicted octanol–water partition coefficient (Wildman–Crippen LogP) is 3.97. The molecule has 1 N–H and O–H groups in total. The van der Waals surface area contributed by atoms with Gasteiger partial charge in [-0.2, -0.15) is 0 Å². The van der Waals surface area contributed by atoms with E-state index in [0.717, 1.165) is 16.3 Å². The van der Waals surface area contributed by atoms with Gasteiger partial charge in [-0.3, -0.25) is 0 Å². The third-order valence-corrected chi connectivity index (χ3v) is 3.49. The number of hydrogen-bond acceptors (Lipinski definition) is 2. The van der Waals surface area contributed by atoms with Crippen LogP contribution in [0.15, 0.2) is 42.5 Å². The highest BCUT2D eigenvalue weighted by molar-refractivity contribution is 6.30. The van der Waals surface area contributed by atoms with E-state index in [1.54, 1.807) is 7.11 Å². The molecule has 19 heavy (non-hydrogen) atoms. The zero-order valence-corrected chi connectivity index (χ0v) is 12.2. The van der Waals surface area contributed by atoms with E-state index in [9.17, 15) is 0 Å². The molecule has 0 heterocycles. The maximum Gasteiger partial charge on any atom is 0.119 e. The van der Waals surface area contributed by atoms with Crippen molar-refractivity contribution in [1.29, 1.82) is 0 Å². The number of benzene rings is 2. The van der Waals surface area contributed by atoms with Gasteiger partial charge in [0.15, 0.2) is 0 Å². The largest absolute Gasteiger partial charge is 0.497 e. The topological polar surface area (TPSA) is 21.3 Å². The van der Waals surface area contributed by atoms with Crippen LogP contribution >= 0.6 is 11.6 Å². The maximum atomic E-state index is 6.07. The third kappa shape index (κ3) is 3.09. The van der Waals surface area contributed by atoms with Crippen LogP contribution in [0.3, 0.4) is 0 Å². The van der Waals surface area contributed by atoms with Crippen LogP contribution in [0.5, 0.6) is 5.75 Å². The zero-order valence-electron chi connectivity index (χ0n) is 11.4. The number of halogens is 1. The van der Waals surface area contributed by atoms with Crippen LogP contribution in [0.4, 0.5) is 0 Å². The van der Waals surface area contributed by atoms with Gasteiger partial charge in [-0.25, -0.2) is 0 Å². The lowest BCUT2D eigenvalue weighted by Gasteiger charge is -2.20. The van der Waals surface area contributed by atoms with Gasteiger partial charge in [0, 0.05) is 5.02 Å². The van der Waals surface area contributed by atoms with Gasteiger partial charge in [-0.05, 0) is 54.9 Å². The Labute approximate surface area is 119 Å². The van der Waals surface area contributed by atoms with Crippen molar-refractivity contribution in [1.82, 2.24) is 5.32 Å². The van der Waals surface area contributed by atoms with E-state index in [-0.39, 0.29) is 6.04 Å². The van der Waals surface area contributed by atoms with E-state index in [1.807, 2.05) is 37.4 Å². The van der Waals surface area contributed by atoms with Gasteiger partial charge in [0.25, 0.3) is 0 Å². The second kappa shape index (κ2) is 6.09. The van der Waals surface area contributed by atoms with E-state index in [1.165, 1.54) is 11.1 Å². The molecule has 1 atom stereocenters. The van der Waals surface area contributed by atoms with Crippen LogP contribution in [0.1, 0.15) is 22.7 Å². The molecule has 0 saturated heterocycles. The number of rotatable bonds is 4. The number of nitrogens with one attached hydrogen (secondary N) is 1. The fraction of sp³-hybridized carbons (Fsp3) is 0.250. The molecule has 0 aliphatic rings. The normalized spacial score (nSPS) is 12.2. The summed E-state index contributed by atoms with van der Waals surface area (Å²) in [5.41, 5.74) is 3.58. The average Bonchev–Trinajstić information content (AvgIpc) is 2.41. The highest BCUT2D eigenvalue weighted by atomic mass is 35.5. The van der Waals surface area contributed by atoms with Crippen molar-refractivity contribution < 1.29 is 4.74 Å². The second-order valence-electron chi connectivity index (χ2n) is 4.50.